The number of rotatable bonds is 1. The Morgan fingerprint density at radius 2 is 1.45 bits per heavy atom. The molecular formula is C10H16O. The van der Waals surface area contributed by atoms with Gasteiger partial charge in [-0.15, -0.1) is 0 Å². The molecule has 1 heteroatoms. The largest absolute Gasteiger partial charge is 0.299 e. The highest BCUT2D eigenvalue weighted by molar-refractivity contribution is 5.89. The SMILES string of the molecule is CC(=O)C1(C)[C@]2(C)CC[C@]12C. The lowest BCUT2D eigenvalue weighted by Gasteiger charge is -2.28. The van der Waals surface area contributed by atoms with E-state index in [0.717, 1.165) is 0 Å². The summed E-state index contributed by atoms with van der Waals surface area (Å²) < 4.78 is 0. The average molecular weight is 152 g/mol. The summed E-state index contributed by atoms with van der Waals surface area (Å²) in [5, 5.41) is 0. The summed E-state index contributed by atoms with van der Waals surface area (Å²) in [4.78, 5) is 11.4. The minimum absolute atomic E-state index is 0.0139. The van der Waals surface area contributed by atoms with E-state index in [-0.39, 0.29) is 5.41 Å². The molecule has 62 valence electrons. The summed E-state index contributed by atoms with van der Waals surface area (Å²) in [5.74, 6) is 0.389. The van der Waals surface area contributed by atoms with Gasteiger partial charge in [-0.2, -0.15) is 0 Å². The summed E-state index contributed by atoms with van der Waals surface area (Å²) in [6.45, 7) is 8.41. The van der Waals surface area contributed by atoms with Crippen LogP contribution in [0.5, 0.6) is 0 Å². The second kappa shape index (κ2) is 1.41. The maximum Gasteiger partial charge on any atom is 0.136 e. The van der Waals surface area contributed by atoms with Gasteiger partial charge in [-0.25, -0.2) is 0 Å². The number of ketones is 1. The minimum Gasteiger partial charge on any atom is -0.299 e. The molecule has 3 atom stereocenters. The first-order valence-electron chi connectivity index (χ1n) is 4.41. The smallest absolute Gasteiger partial charge is 0.136 e. The zero-order valence-corrected chi connectivity index (χ0v) is 7.82. The van der Waals surface area contributed by atoms with E-state index in [4.69, 9.17) is 0 Å². The van der Waals surface area contributed by atoms with Crippen LogP contribution in [-0.4, -0.2) is 5.78 Å². The van der Waals surface area contributed by atoms with Crippen molar-refractivity contribution in [3.05, 3.63) is 0 Å². The van der Waals surface area contributed by atoms with Crippen molar-refractivity contribution in [2.24, 2.45) is 16.2 Å². The van der Waals surface area contributed by atoms with Crippen molar-refractivity contribution in [2.75, 3.05) is 0 Å². The first-order valence-corrected chi connectivity index (χ1v) is 4.41. The molecule has 1 nitrogen and oxygen atoms in total. The van der Waals surface area contributed by atoms with E-state index in [0.29, 0.717) is 16.6 Å². The van der Waals surface area contributed by atoms with Crippen LogP contribution in [0.4, 0.5) is 0 Å². The molecule has 2 saturated carbocycles. The summed E-state index contributed by atoms with van der Waals surface area (Å²) in [5.41, 5.74) is 0.720. The molecule has 0 aromatic carbocycles. The number of hydrogen-bond acceptors (Lipinski definition) is 1. The van der Waals surface area contributed by atoms with Gasteiger partial charge in [0.15, 0.2) is 0 Å². The highest BCUT2D eigenvalue weighted by atomic mass is 16.1. The predicted octanol–water partition coefficient (Wildman–Crippen LogP) is 2.40. The van der Waals surface area contributed by atoms with E-state index in [1.54, 1.807) is 6.92 Å². The van der Waals surface area contributed by atoms with Crippen LogP contribution in [0.2, 0.25) is 0 Å². The predicted molar refractivity (Wildman–Crippen MR) is 44.2 cm³/mol. The van der Waals surface area contributed by atoms with Crippen LogP contribution in [0.1, 0.15) is 40.5 Å². The van der Waals surface area contributed by atoms with Gasteiger partial charge in [0.25, 0.3) is 0 Å². The van der Waals surface area contributed by atoms with Gasteiger partial charge < -0.3 is 0 Å². The summed E-state index contributed by atoms with van der Waals surface area (Å²) in [6, 6.07) is 0. The third kappa shape index (κ3) is 0.401. The molecule has 0 spiro atoms. The third-order valence-corrected chi connectivity index (χ3v) is 5.19. The van der Waals surface area contributed by atoms with Crippen molar-refractivity contribution in [1.29, 1.82) is 0 Å². The van der Waals surface area contributed by atoms with Crippen LogP contribution in [0, 0.1) is 16.2 Å². The Bertz CT molecular complexity index is 227. The van der Waals surface area contributed by atoms with Crippen LogP contribution in [0.3, 0.4) is 0 Å². The first kappa shape index (κ1) is 7.33. The Labute approximate surface area is 68.2 Å². The Kier molecular flexibility index (Phi) is 0.942. The molecule has 1 unspecified atom stereocenters. The Morgan fingerprint density at radius 1 is 1.09 bits per heavy atom. The van der Waals surface area contributed by atoms with E-state index in [1.165, 1.54) is 12.8 Å². The number of carbonyl (C=O) groups excluding carboxylic acids is 1. The fourth-order valence-electron chi connectivity index (χ4n) is 3.46. The number of fused-ring (bicyclic) bond motifs is 1. The van der Waals surface area contributed by atoms with Gasteiger partial charge in [-0.3, -0.25) is 4.79 Å². The van der Waals surface area contributed by atoms with Gasteiger partial charge >= 0.3 is 0 Å². The molecule has 2 aliphatic rings. The van der Waals surface area contributed by atoms with Crippen molar-refractivity contribution in [3.8, 4) is 0 Å². The molecule has 0 radical (unpaired) electrons. The van der Waals surface area contributed by atoms with Gasteiger partial charge in [0.1, 0.15) is 5.78 Å². The zero-order chi connectivity index (χ0) is 8.49. The van der Waals surface area contributed by atoms with Gasteiger partial charge in [0, 0.05) is 5.41 Å². The highest BCUT2D eigenvalue weighted by Crippen LogP contribution is 2.88. The molecule has 2 aliphatic carbocycles. The molecular weight excluding hydrogens is 136 g/mol. The quantitative estimate of drug-likeness (QED) is 0.564. The topological polar surface area (TPSA) is 17.1 Å². The number of hydrogen-bond donors (Lipinski definition) is 0. The molecule has 0 N–H and O–H groups in total. The van der Waals surface area contributed by atoms with E-state index in [2.05, 4.69) is 20.8 Å². The van der Waals surface area contributed by atoms with E-state index in [1.807, 2.05) is 0 Å². The van der Waals surface area contributed by atoms with Crippen LogP contribution >= 0.6 is 0 Å². The summed E-state index contributed by atoms with van der Waals surface area (Å²) in [7, 11) is 0. The van der Waals surface area contributed by atoms with Gasteiger partial charge in [-0.1, -0.05) is 20.8 Å². The maximum absolute atomic E-state index is 11.4. The van der Waals surface area contributed by atoms with Gasteiger partial charge in [-0.05, 0) is 30.6 Å². The fraction of sp³-hybridized carbons (Fsp3) is 0.900. The van der Waals surface area contributed by atoms with E-state index < -0.39 is 0 Å². The van der Waals surface area contributed by atoms with Crippen LogP contribution in [-0.2, 0) is 4.79 Å². The van der Waals surface area contributed by atoms with Crippen LogP contribution in [0.15, 0.2) is 0 Å². The molecule has 0 amide bonds. The van der Waals surface area contributed by atoms with Crippen molar-refractivity contribution in [2.45, 2.75) is 40.5 Å². The standard InChI is InChI=1S/C10H16O/c1-7(11)10(4)8(2)5-6-9(8,10)3/h5-6H2,1-4H3/t8-,9+,10?. The molecule has 0 aliphatic heterocycles. The highest BCUT2D eigenvalue weighted by Gasteiger charge is 2.85. The zero-order valence-electron chi connectivity index (χ0n) is 7.82. The minimum atomic E-state index is 0.0139. The number of carbonyl (C=O) groups is 1. The van der Waals surface area contributed by atoms with Crippen molar-refractivity contribution < 1.29 is 4.79 Å². The molecule has 0 aromatic heterocycles. The van der Waals surface area contributed by atoms with Crippen LogP contribution < -0.4 is 0 Å². The lowest BCUT2D eigenvalue weighted by molar-refractivity contribution is -0.122. The molecule has 0 aromatic rings. The van der Waals surface area contributed by atoms with Crippen molar-refractivity contribution >= 4 is 5.78 Å². The Morgan fingerprint density at radius 3 is 1.55 bits per heavy atom. The van der Waals surface area contributed by atoms with Gasteiger partial charge in [0.05, 0.1) is 0 Å². The van der Waals surface area contributed by atoms with E-state index >= 15 is 0 Å². The van der Waals surface area contributed by atoms with Crippen LogP contribution in [0.25, 0.3) is 0 Å². The molecule has 0 bridgehead atoms. The molecule has 2 rings (SSSR count). The Hall–Kier alpha value is -0.330. The molecule has 0 saturated heterocycles. The van der Waals surface area contributed by atoms with Gasteiger partial charge in [0.2, 0.25) is 0 Å². The lowest BCUT2D eigenvalue weighted by atomic mass is 9.77. The maximum atomic E-state index is 11.4. The van der Waals surface area contributed by atoms with E-state index in [9.17, 15) is 4.79 Å². The summed E-state index contributed by atoms with van der Waals surface area (Å²) in [6.07, 6.45) is 2.50. The second-order valence-electron chi connectivity index (χ2n) is 4.85. The second-order valence-corrected chi connectivity index (χ2v) is 4.85. The normalized spacial score (nSPS) is 59.6. The molecule has 11 heavy (non-hydrogen) atoms. The number of Topliss-reactive ketones (excluding diaryl/α,β-unsaturated/α-hetero) is 1. The molecule has 0 heterocycles. The third-order valence-electron chi connectivity index (χ3n) is 5.19. The van der Waals surface area contributed by atoms with Crippen molar-refractivity contribution in [3.63, 3.8) is 0 Å². The van der Waals surface area contributed by atoms with Crippen molar-refractivity contribution in [1.82, 2.24) is 0 Å². The monoisotopic (exact) mass is 152 g/mol. The summed E-state index contributed by atoms with van der Waals surface area (Å²) >= 11 is 0. The first-order chi connectivity index (χ1) is 4.90. The average Bonchev–Trinajstić information content (AvgIpc) is 2.18. The lowest BCUT2D eigenvalue weighted by Crippen LogP contribution is -2.18. The Balaban J connectivity index is 2.40. The molecule has 2 fully saturated rings. The fourth-order valence-corrected chi connectivity index (χ4v) is 3.46.